The number of benzene rings is 2. The number of hydrogen-bond acceptors (Lipinski definition) is 5. The molecule has 1 aliphatic heterocycles. The lowest BCUT2D eigenvalue weighted by atomic mass is 9.99. The topological polar surface area (TPSA) is 51.7 Å². The van der Waals surface area contributed by atoms with Crippen molar-refractivity contribution < 1.29 is 18.7 Å². The molecule has 0 radical (unpaired) electrons. The number of carbonyl (C=O) groups excluding carboxylic acids is 1. The molecule has 2 aromatic carbocycles. The quantitative estimate of drug-likeness (QED) is 0.378. The van der Waals surface area contributed by atoms with Gasteiger partial charge in [0, 0.05) is 30.2 Å². The number of nitrogens with zero attached hydrogens (tertiary/aromatic N) is 2. The van der Waals surface area contributed by atoms with Crippen molar-refractivity contribution in [3.8, 4) is 0 Å². The largest absolute Gasteiger partial charge is 0.461 e. The van der Waals surface area contributed by atoms with Gasteiger partial charge in [0.05, 0.1) is 18.4 Å². The van der Waals surface area contributed by atoms with Gasteiger partial charge in [0.2, 0.25) is 0 Å². The number of rotatable bonds is 8. The molecule has 0 aliphatic carbocycles. The number of esters is 1. The minimum absolute atomic E-state index is 0.00430. The lowest BCUT2D eigenvalue weighted by Crippen LogP contribution is -2.37. The lowest BCUT2D eigenvalue weighted by molar-refractivity contribution is -0.0294. The molecule has 5 nitrogen and oxygen atoms in total. The van der Waals surface area contributed by atoms with Crippen LogP contribution in [0, 0.1) is 5.82 Å². The maximum absolute atomic E-state index is 14.6. The minimum Gasteiger partial charge on any atom is -0.461 e. The number of pyridine rings is 1. The Morgan fingerprint density at radius 3 is 2.53 bits per heavy atom. The van der Waals surface area contributed by atoms with Gasteiger partial charge in [0.25, 0.3) is 0 Å². The summed E-state index contributed by atoms with van der Waals surface area (Å²) in [5.41, 5.74) is 2.55. The van der Waals surface area contributed by atoms with Crippen molar-refractivity contribution in [2.24, 2.45) is 0 Å². The van der Waals surface area contributed by atoms with Crippen molar-refractivity contribution in [1.82, 2.24) is 9.88 Å². The second-order valence-electron chi connectivity index (χ2n) is 8.30. The first-order valence-electron chi connectivity index (χ1n) is 11.5. The van der Waals surface area contributed by atoms with E-state index in [0.29, 0.717) is 29.4 Å². The minimum atomic E-state index is -0.502. The lowest BCUT2D eigenvalue weighted by Gasteiger charge is -2.34. The van der Waals surface area contributed by atoms with Crippen LogP contribution in [0.1, 0.15) is 53.2 Å². The number of aromatic nitrogens is 1. The van der Waals surface area contributed by atoms with E-state index in [1.165, 1.54) is 6.07 Å². The predicted molar refractivity (Wildman–Crippen MR) is 129 cm³/mol. The van der Waals surface area contributed by atoms with Gasteiger partial charge in [-0.05, 0) is 55.7 Å². The van der Waals surface area contributed by atoms with Crippen molar-refractivity contribution in [3.63, 3.8) is 0 Å². The second-order valence-corrected chi connectivity index (χ2v) is 8.74. The molecule has 0 saturated carbocycles. The SMILES string of the molecule is CCOC(=O)c1cccc(CN2CCC(OC(c3ccc(Cl)cc3)c3ccccc3F)CC2)n1. The Kier molecular flexibility index (Phi) is 8.27. The van der Waals surface area contributed by atoms with Gasteiger partial charge in [0.15, 0.2) is 0 Å². The van der Waals surface area contributed by atoms with Crippen molar-refractivity contribution in [1.29, 1.82) is 0 Å². The predicted octanol–water partition coefficient (Wildman–Crippen LogP) is 5.82. The molecule has 7 heteroatoms. The molecule has 0 N–H and O–H groups in total. The van der Waals surface area contributed by atoms with Crippen molar-refractivity contribution >= 4 is 17.6 Å². The van der Waals surface area contributed by atoms with Crippen LogP contribution in [0.4, 0.5) is 4.39 Å². The standard InChI is InChI=1S/C27H28ClFN2O3/c1-2-33-27(32)25-9-5-6-21(30-25)18-31-16-14-22(15-17-31)34-26(19-10-12-20(28)13-11-19)23-7-3-4-8-24(23)29/h3-13,22,26H,2,14-18H2,1H3. The van der Waals surface area contributed by atoms with Crippen LogP contribution in [0.5, 0.6) is 0 Å². The van der Waals surface area contributed by atoms with E-state index >= 15 is 0 Å². The molecule has 3 aromatic rings. The first kappa shape index (κ1) is 24.3. The van der Waals surface area contributed by atoms with Gasteiger partial charge in [-0.25, -0.2) is 14.2 Å². The normalized spacial score (nSPS) is 15.7. The van der Waals surface area contributed by atoms with Crippen molar-refractivity contribution in [3.05, 3.63) is 100 Å². The molecule has 1 unspecified atom stereocenters. The zero-order valence-electron chi connectivity index (χ0n) is 19.1. The first-order chi connectivity index (χ1) is 16.5. The number of carbonyl (C=O) groups is 1. The Hall–Kier alpha value is -2.80. The highest BCUT2D eigenvalue weighted by atomic mass is 35.5. The Morgan fingerprint density at radius 1 is 1.09 bits per heavy atom. The maximum Gasteiger partial charge on any atom is 0.356 e. The molecule has 1 aliphatic rings. The van der Waals surface area contributed by atoms with Gasteiger partial charge >= 0.3 is 5.97 Å². The summed E-state index contributed by atoms with van der Waals surface area (Å²) in [6.07, 6.45) is 1.12. The van der Waals surface area contributed by atoms with Gasteiger partial charge in [-0.15, -0.1) is 0 Å². The molecular weight excluding hydrogens is 455 g/mol. The highest BCUT2D eigenvalue weighted by Crippen LogP contribution is 2.32. The van der Waals surface area contributed by atoms with Crippen LogP contribution in [0.3, 0.4) is 0 Å². The summed E-state index contributed by atoms with van der Waals surface area (Å²) < 4.78 is 26.2. The van der Waals surface area contributed by atoms with E-state index in [-0.39, 0.29) is 11.9 Å². The Bertz CT molecular complexity index is 1100. The van der Waals surface area contributed by atoms with Gasteiger partial charge in [-0.3, -0.25) is 4.90 Å². The molecule has 2 heterocycles. The zero-order valence-corrected chi connectivity index (χ0v) is 19.9. The monoisotopic (exact) mass is 482 g/mol. The molecule has 178 valence electrons. The number of ether oxygens (including phenoxy) is 2. The van der Waals surface area contributed by atoms with Crippen molar-refractivity contribution in [2.75, 3.05) is 19.7 Å². The zero-order chi connectivity index (χ0) is 23.9. The summed E-state index contributed by atoms with van der Waals surface area (Å²) in [5.74, 6) is -0.690. The van der Waals surface area contributed by atoms with Gasteiger partial charge in [-0.2, -0.15) is 0 Å². The van der Waals surface area contributed by atoms with Gasteiger partial charge in [0.1, 0.15) is 17.6 Å². The summed E-state index contributed by atoms with van der Waals surface area (Å²) >= 11 is 6.06. The van der Waals surface area contributed by atoms with Gasteiger partial charge in [-0.1, -0.05) is 48.0 Å². The Morgan fingerprint density at radius 2 is 1.82 bits per heavy atom. The van der Waals surface area contributed by atoms with Crippen LogP contribution in [-0.4, -0.2) is 41.7 Å². The Balaban J connectivity index is 1.40. The van der Waals surface area contributed by atoms with E-state index < -0.39 is 12.1 Å². The first-order valence-corrected chi connectivity index (χ1v) is 11.9. The van der Waals surface area contributed by atoms with E-state index in [0.717, 1.165) is 37.2 Å². The summed E-state index contributed by atoms with van der Waals surface area (Å²) in [4.78, 5) is 18.7. The number of halogens is 2. The summed E-state index contributed by atoms with van der Waals surface area (Å²) in [7, 11) is 0. The fourth-order valence-electron chi connectivity index (χ4n) is 4.17. The maximum atomic E-state index is 14.6. The molecule has 4 rings (SSSR count). The molecule has 34 heavy (non-hydrogen) atoms. The third kappa shape index (κ3) is 6.20. The Labute approximate surface area is 204 Å². The summed E-state index contributed by atoms with van der Waals surface area (Å²) in [5, 5.41) is 0.630. The molecule has 1 fully saturated rings. The number of piperidine rings is 1. The van der Waals surface area contributed by atoms with Crippen LogP contribution in [0.2, 0.25) is 5.02 Å². The number of hydrogen-bond donors (Lipinski definition) is 0. The molecule has 1 aromatic heterocycles. The fraction of sp³-hybridized carbons (Fsp3) is 0.333. The van der Waals surface area contributed by atoms with E-state index in [4.69, 9.17) is 21.1 Å². The van der Waals surface area contributed by atoms with Crippen molar-refractivity contribution in [2.45, 2.75) is 38.5 Å². The summed E-state index contributed by atoms with van der Waals surface area (Å²) in [6.45, 7) is 4.38. The third-order valence-electron chi connectivity index (χ3n) is 5.90. The van der Waals surface area contributed by atoms with Crippen LogP contribution >= 0.6 is 11.6 Å². The van der Waals surface area contributed by atoms with Crippen LogP contribution in [-0.2, 0) is 16.0 Å². The molecular formula is C27H28ClFN2O3. The second kappa shape index (κ2) is 11.6. The van der Waals surface area contributed by atoms with Crippen LogP contribution in [0.15, 0.2) is 66.7 Å². The highest BCUT2D eigenvalue weighted by molar-refractivity contribution is 6.30. The third-order valence-corrected chi connectivity index (χ3v) is 6.15. The van der Waals surface area contributed by atoms with Gasteiger partial charge < -0.3 is 9.47 Å². The van der Waals surface area contributed by atoms with Crippen LogP contribution < -0.4 is 0 Å². The van der Waals surface area contributed by atoms with E-state index in [1.54, 1.807) is 37.3 Å². The smallest absolute Gasteiger partial charge is 0.356 e. The molecule has 1 saturated heterocycles. The summed E-state index contributed by atoms with van der Waals surface area (Å²) in [6, 6.07) is 19.5. The molecule has 1 atom stereocenters. The van der Waals surface area contributed by atoms with E-state index in [9.17, 15) is 9.18 Å². The highest BCUT2D eigenvalue weighted by Gasteiger charge is 2.26. The fourth-order valence-corrected chi connectivity index (χ4v) is 4.29. The number of likely N-dealkylation sites (tertiary alicyclic amines) is 1. The molecule has 0 spiro atoms. The van der Waals surface area contributed by atoms with Crippen LogP contribution in [0.25, 0.3) is 0 Å². The molecule has 0 amide bonds. The average Bonchev–Trinajstić information content (AvgIpc) is 2.85. The van der Waals surface area contributed by atoms with E-state index in [2.05, 4.69) is 9.88 Å². The molecule has 0 bridgehead atoms. The average molecular weight is 483 g/mol. The van der Waals surface area contributed by atoms with E-state index in [1.807, 2.05) is 30.3 Å².